The van der Waals surface area contributed by atoms with E-state index in [0.717, 1.165) is 38.9 Å². The van der Waals surface area contributed by atoms with Crippen LogP contribution in [0.5, 0.6) is 11.5 Å². The van der Waals surface area contributed by atoms with Crippen LogP contribution in [0.4, 0.5) is 0 Å². The molecule has 0 heterocycles. The molecule has 0 radical (unpaired) electrons. The van der Waals surface area contributed by atoms with Crippen LogP contribution in [0.3, 0.4) is 0 Å². The summed E-state index contributed by atoms with van der Waals surface area (Å²) in [6, 6.07) is 5.88. The lowest BCUT2D eigenvalue weighted by Crippen LogP contribution is -2.24. The highest BCUT2D eigenvalue weighted by Crippen LogP contribution is 2.49. The Balaban J connectivity index is 3.08. The monoisotopic (exact) mass is 544 g/mol. The molecule has 2 rings (SSSR count). The lowest BCUT2D eigenvalue weighted by molar-refractivity contribution is -0.141. The minimum atomic E-state index is -0.876. The molecule has 0 aliphatic heterocycles. The Morgan fingerprint density at radius 2 is 1.13 bits per heavy atom. The van der Waals surface area contributed by atoms with Crippen LogP contribution in [0, 0.1) is 5.92 Å². The van der Waals surface area contributed by atoms with E-state index < -0.39 is 22.7 Å². The van der Waals surface area contributed by atoms with Gasteiger partial charge in [-0.1, -0.05) is 96.1 Å². The Bertz CT molecular complexity index is 1160. The minimum Gasteiger partial charge on any atom is -0.507 e. The minimum absolute atomic E-state index is 0.211. The smallest absolute Gasteiger partial charge is 0.306 e. The molecule has 0 saturated carbocycles. The molecule has 2 atom stereocenters. The zero-order valence-corrected chi connectivity index (χ0v) is 26.5. The molecule has 5 heteroatoms. The number of halogens is 1. The summed E-state index contributed by atoms with van der Waals surface area (Å²) in [5.41, 5.74) is 4.03. The number of carboxylic acids is 1. The topological polar surface area (TPSA) is 77.8 Å². The molecule has 0 aliphatic rings. The molecule has 2 aromatic rings. The van der Waals surface area contributed by atoms with E-state index in [2.05, 4.69) is 41.5 Å². The molecular formula is C33H49ClO4. The molecule has 0 fully saturated rings. The summed E-state index contributed by atoms with van der Waals surface area (Å²) in [7, 11) is 0. The summed E-state index contributed by atoms with van der Waals surface area (Å²) in [6.07, 6.45) is 0.288. The van der Waals surface area contributed by atoms with Gasteiger partial charge in [0.1, 0.15) is 11.5 Å². The molecule has 2 unspecified atom stereocenters. The van der Waals surface area contributed by atoms with Gasteiger partial charge in [-0.25, -0.2) is 0 Å². The quantitative estimate of drug-likeness (QED) is 0.328. The number of aliphatic carboxylic acids is 1. The van der Waals surface area contributed by atoms with E-state index in [9.17, 15) is 20.1 Å². The molecule has 0 amide bonds. The number of hydrogen-bond donors (Lipinski definition) is 3. The summed E-state index contributed by atoms with van der Waals surface area (Å²) in [5, 5.41) is 32.1. The van der Waals surface area contributed by atoms with E-state index >= 15 is 0 Å². The molecule has 0 spiro atoms. The van der Waals surface area contributed by atoms with Gasteiger partial charge >= 0.3 is 5.97 Å². The van der Waals surface area contributed by atoms with Crippen LogP contribution in [0.2, 0.25) is 0 Å². The van der Waals surface area contributed by atoms with Crippen LogP contribution >= 0.6 is 11.6 Å². The summed E-state index contributed by atoms with van der Waals surface area (Å²) in [4.78, 5) is 11.9. The number of rotatable bonds is 5. The maximum atomic E-state index is 11.9. The van der Waals surface area contributed by atoms with Crippen molar-refractivity contribution in [1.82, 2.24) is 0 Å². The van der Waals surface area contributed by atoms with E-state index in [-0.39, 0.29) is 34.2 Å². The van der Waals surface area contributed by atoms with Gasteiger partial charge in [-0.2, -0.15) is 0 Å². The number of carbonyl (C=O) groups is 1. The van der Waals surface area contributed by atoms with Crippen molar-refractivity contribution in [3.8, 4) is 11.5 Å². The van der Waals surface area contributed by atoms with Gasteiger partial charge in [0.15, 0.2) is 0 Å². The van der Waals surface area contributed by atoms with Gasteiger partial charge < -0.3 is 15.3 Å². The molecule has 38 heavy (non-hydrogen) atoms. The average molecular weight is 545 g/mol. The number of benzene rings is 2. The van der Waals surface area contributed by atoms with Gasteiger partial charge in [0.25, 0.3) is 0 Å². The first-order valence-corrected chi connectivity index (χ1v) is 14.0. The highest BCUT2D eigenvalue weighted by Gasteiger charge is 2.35. The zero-order chi connectivity index (χ0) is 29.8. The third-order valence-corrected chi connectivity index (χ3v) is 7.70. The molecule has 0 bridgehead atoms. The summed E-state index contributed by atoms with van der Waals surface area (Å²) >= 11 is 7.41. The van der Waals surface area contributed by atoms with Gasteiger partial charge in [-0.15, -0.1) is 11.6 Å². The first-order chi connectivity index (χ1) is 16.9. The summed E-state index contributed by atoms with van der Waals surface area (Å²) in [6.45, 7) is 26.3. The predicted octanol–water partition coefficient (Wildman–Crippen LogP) is 8.88. The highest BCUT2D eigenvalue weighted by atomic mass is 35.5. The van der Waals surface area contributed by atoms with Crippen LogP contribution in [0.1, 0.15) is 134 Å². The largest absolute Gasteiger partial charge is 0.507 e. The number of phenolic OH excluding ortho intramolecular Hbond substituents is 2. The first kappa shape index (κ1) is 32.0. The third-order valence-electron chi connectivity index (χ3n) is 7.23. The third kappa shape index (κ3) is 6.68. The van der Waals surface area contributed by atoms with Gasteiger partial charge in [-0.3, -0.25) is 4.79 Å². The summed E-state index contributed by atoms with van der Waals surface area (Å²) in [5.74, 6) is -1.01. The molecule has 0 aliphatic carbocycles. The van der Waals surface area contributed by atoms with Crippen molar-refractivity contribution >= 4 is 17.6 Å². The van der Waals surface area contributed by atoms with Crippen molar-refractivity contribution < 1.29 is 20.1 Å². The van der Waals surface area contributed by atoms with Crippen molar-refractivity contribution in [2.24, 2.45) is 5.92 Å². The van der Waals surface area contributed by atoms with E-state index in [0.29, 0.717) is 0 Å². The van der Waals surface area contributed by atoms with Gasteiger partial charge in [-0.05, 0) is 73.6 Å². The van der Waals surface area contributed by atoms with Crippen LogP contribution < -0.4 is 0 Å². The maximum absolute atomic E-state index is 11.9. The van der Waals surface area contributed by atoms with Crippen LogP contribution in [0.15, 0.2) is 18.2 Å². The number of carboxylic acid groups (broad SMARTS) is 1. The Labute approximate surface area is 235 Å². The Kier molecular flexibility index (Phi) is 8.77. The van der Waals surface area contributed by atoms with Crippen molar-refractivity contribution in [3.63, 3.8) is 0 Å². The molecule has 0 aromatic heterocycles. The van der Waals surface area contributed by atoms with E-state index in [4.69, 9.17) is 11.6 Å². The second kappa shape index (κ2) is 10.4. The number of alkyl halides is 1. The molecule has 4 nitrogen and oxygen atoms in total. The normalized spacial score (nSPS) is 14.9. The lowest BCUT2D eigenvalue weighted by Gasteiger charge is -2.34. The number of aromatic hydroxyl groups is 2. The van der Waals surface area contributed by atoms with E-state index in [1.807, 2.05) is 59.7 Å². The van der Waals surface area contributed by atoms with E-state index in [1.54, 1.807) is 6.92 Å². The second-order valence-corrected chi connectivity index (χ2v) is 15.4. The van der Waals surface area contributed by atoms with Crippen LogP contribution in [-0.2, 0) is 32.9 Å². The first-order valence-electron chi connectivity index (χ1n) is 13.5. The molecule has 3 N–H and O–H groups in total. The Morgan fingerprint density at radius 3 is 1.47 bits per heavy atom. The molecule has 212 valence electrons. The zero-order valence-electron chi connectivity index (χ0n) is 25.7. The van der Waals surface area contributed by atoms with Gasteiger partial charge in [0.2, 0.25) is 0 Å². The van der Waals surface area contributed by atoms with Crippen molar-refractivity contribution in [1.29, 1.82) is 0 Å². The predicted molar refractivity (Wildman–Crippen MR) is 159 cm³/mol. The van der Waals surface area contributed by atoms with E-state index in [1.165, 1.54) is 0 Å². The van der Waals surface area contributed by atoms with Crippen molar-refractivity contribution in [2.75, 3.05) is 0 Å². The molecular weight excluding hydrogens is 496 g/mol. The van der Waals surface area contributed by atoms with Gasteiger partial charge in [0.05, 0.1) is 11.3 Å². The van der Waals surface area contributed by atoms with Gasteiger partial charge in [0, 0.05) is 5.56 Å². The highest BCUT2D eigenvalue weighted by molar-refractivity contribution is 6.23. The Morgan fingerprint density at radius 1 is 0.737 bits per heavy atom. The van der Waals surface area contributed by atoms with Crippen LogP contribution in [-0.4, -0.2) is 21.3 Å². The fraction of sp³-hybridized carbons (Fsp3) is 0.606. The number of phenols is 2. The van der Waals surface area contributed by atoms with Crippen molar-refractivity contribution in [3.05, 3.63) is 57.1 Å². The fourth-order valence-electron chi connectivity index (χ4n) is 5.06. The fourth-order valence-corrected chi connectivity index (χ4v) is 5.44. The van der Waals surface area contributed by atoms with Crippen molar-refractivity contribution in [2.45, 2.75) is 123 Å². The molecule has 0 saturated heterocycles. The molecule has 2 aromatic carbocycles. The van der Waals surface area contributed by atoms with Crippen LogP contribution in [0.25, 0.3) is 0 Å². The average Bonchev–Trinajstić information content (AvgIpc) is 2.70. The Hall–Kier alpha value is -2.20. The maximum Gasteiger partial charge on any atom is 0.306 e. The standard InChI is InChI=1S/C33H49ClO4/c1-18(29(37)38)14-19-15-23(32(8,9)10)28(36)25(33(11,12)13)24(19)26(34)20-16-21(30(2,3)4)27(35)22(17-20)31(5,6)7/h15-18,26,35-36H,14H2,1-13H3,(H,37,38). The lowest BCUT2D eigenvalue weighted by atomic mass is 9.72. The number of hydrogen-bond acceptors (Lipinski definition) is 3. The SMILES string of the molecule is CC(Cc1cc(C(C)(C)C)c(O)c(C(C)(C)C)c1C(Cl)c1cc(C(C)(C)C)c(O)c(C(C)(C)C)c1)C(=O)O. The summed E-state index contributed by atoms with van der Waals surface area (Å²) < 4.78 is 0. The second-order valence-electron chi connectivity index (χ2n) is 15.0.